The maximum Gasteiger partial charge on any atom is 0.358 e. The van der Waals surface area contributed by atoms with Crippen LogP contribution in [-0.4, -0.2) is 34.5 Å². The number of nitrogens with one attached hydrogen (secondary N) is 1. The van der Waals surface area contributed by atoms with Crippen LogP contribution in [0.25, 0.3) is 0 Å². The number of hydrogen-bond acceptors (Lipinski definition) is 5. The fourth-order valence-electron chi connectivity index (χ4n) is 1.67. The van der Waals surface area contributed by atoms with Crippen molar-refractivity contribution in [2.24, 2.45) is 5.41 Å². The van der Waals surface area contributed by atoms with Gasteiger partial charge in [-0.1, -0.05) is 19.0 Å². The zero-order valence-electron chi connectivity index (χ0n) is 10.8. The van der Waals surface area contributed by atoms with E-state index in [0.717, 1.165) is 19.4 Å². The summed E-state index contributed by atoms with van der Waals surface area (Å²) in [7, 11) is 0. The van der Waals surface area contributed by atoms with E-state index in [1.165, 1.54) is 6.07 Å². The average Bonchev–Trinajstić information content (AvgIpc) is 2.75. The molecule has 0 amide bonds. The molecule has 18 heavy (non-hydrogen) atoms. The molecule has 6 heteroatoms. The van der Waals surface area contributed by atoms with Gasteiger partial charge in [0.05, 0.1) is 6.54 Å². The summed E-state index contributed by atoms with van der Waals surface area (Å²) in [5.41, 5.74) is 0.00426. The van der Waals surface area contributed by atoms with Crippen LogP contribution in [0.2, 0.25) is 0 Å². The van der Waals surface area contributed by atoms with Crippen LogP contribution in [-0.2, 0) is 6.54 Å². The molecule has 102 valence electrons. The summed E-state index contributed by atoms with van der Waals surface area (Å²) in [6.07, 6.45) is 1.70. The van der Waals surface area contributed by atoms with Crippen molar-refractivity contribution in [3.63, 3.8) is 0 Å². The number of aromatic carboxylic acids is 1. The number of carbonyl (C=O) groups is 1. The monoisotopic (exact) mass is 256 g/mol. The highest BCUT2D eigenvalue weighted by Gasteiger charge is 2.17. The zero-order chi connectivity index (χ0) is 13.6. The van der Waals surface area contributed by atoms with E-state index in [-0.39, 0.29) is 17.7 Å². The molecule has 0 fully saturated rings. The lowest BCUT2D eigenvalue weighted by Crippen LogP contribution is -2.29. The molecule has 0 aliphatic heterocycles. The number of aromatic nitrogens is 1. The summed E-state index contributed by atoms with van der Waals surface area (Å²) in [5, 5.41) is 24.1. The van der Waals surface area contributed by atoms with Gasteiger partial charge in [-0.2, -0.15) is 0 Å². The third-order valence-electron chi connectivity index (χ3n) is 2.69. The van der Waals surface area contributed by atoms with Gasteiger partial charge < -0.3 is 20.1 Å². The number of nitrogens with zero attached hydrogens (tertiary/aromatic N) is 1. The fourth-order valence-corrected chi connectivity index (χ4v) is 1.67. The Morgan fingerprint density at radius 3 is 2.83 bits per heavy atom. The number of aliphatic hydroxyl groups excluding tert-OH is 1. The highest BCUT2D eigenvalue weighted by molar-refractivity contribution is 5.85. The van der Waals surface area contributed by atoms with E-state index in [1.54, 1.807) is 0 Å². The van der Waals surface area contributed by atoms with Gasteiger partial charge >= 0.3 is 5.97 Å². The van der Waals surface area contributed by atoms with E-state index in [2.05, 4.69) is 24.3 Å². The molecule has 1 rings (SSSR count). The first-order valence-electron chi connectivity index (χ1n) is 5.95. The van der Waals surface area contributed by atoms with E-state index in [1.807, 2.05) is 0 Å². The molecular weight excluding hydrogens is 236 g/mol. The summed E-state index contributed by atoms with van der Waals surface area (Å²) >= 11 is 0. The third-order valence-corrected chi connectivity index (χ3v) is 2.69. The highest BCUT2D eigenvalue weighted by Crippen LogP contribution is 2.20. The van der Waals surface area contributed by atoms with Gasteiger partial charge in [-0.25, -0.2) is 4.79 Å². The van der Waals surface area contributed by atoms with Gasteiger partial charge in [-0.15, -0.1) is 0 Å². The van der Waals surface area contributed by atoms with Crippen LogP contribution in [0, 0.1) is 5.41 Å². The minimum atomic E-state index is -1.09. The second-order valence-electron chi connectivity index (χ2n) is 5.08. The maximum absolute atomic E-state index is 10.6. The van der Waals surface area contributed by atoms with Crippen LogP contribution in [0.15, 0.2) is 10.6 Å². The predicted octanol–water partition coefficient (Wildman–Crippen LogP) is 1.26. The Kier molecular flexibility index (Phi) is 5.30. The van der Waals surface area contributed by atoms with Crippen molar-refractivity contribution >= 4 is 5.97 Å². The van der Waals surface area contributed by atoms with Crippen molar-refractivity contribution in [2.45, 2.75) is 33.2 Å². The van der Waals surface area contributed by atoms with Gasteiger partial charge in [0.2, 0.25) is 0 Å². The predicted molar refractivity (Wildman–Crippen MR) is 65.3 cm³/mol. The molecule has 0 aliphatic carbocycles. The van der Waals surface area contributed by atoms with Gasteiger partial charge in [-0.05, 0) is 18.3 Å². The molecule has 6 nitrogen and oxygen atoms in total. The molecule has 0 aliphatic rings. The smallest absolute Gasteiger partial charge is 0.358 e. The molecule has 0 atom stereocenters. The van der Waals surface area contributed by atoms with Crippen molar-refractivity contribution in [3.05, 3.63) is 17.5 Å². The summed E-state index contributed by atoms with van der Waals surface area (Å²) in [4.78, 5) is 10.6. The lowest BCUT2D eigenvalue weighted by Gasteiger charge is -2.24. The van der Waals surface area contributed by atoms with E-state index >= 15 is 0 Å². The summed E-state index contributed by atoms with van der Waals surface area (Å²) in [5.74, 6) is -0.585. The van der Waals surface area contributed by atoms with Crippen LogP contribution < -0.4 is 5.32 Å². The molecule has 1 aromatic rings. The Bertz CT molecular complexity index is 387. The van der Waals surface area contributed by atoms with Crippen molar-refractivity contribution in [1.29, 1.82) is 0 Å². The van der Waals surface area contributed by atoms with Gasteiger partial charge in [0.15, 0.2) is 11.5 Å². The van der Waals surface area contributed by atoms with Gasteiger partial charge in [0.25, 0.3) is 0 Å². The van der Waals surface area contributed by atoms with Crippen LogP contribution in [0.5, 0.6) is 0 Å². The lowest BCUT2D eigenvalue weighted by atomic mass is 9.88. The fraction of sp³-hybridized carbons (Fsp3) is 0.667. The summed E-state index contributed by atoms with van der Waals surface area (Å²) in [6.45, 7) is 5.63. The van der Waals surface area contributed by atoms with Crippen LogP contribution in [0.1, 0.15) is 42.9 Å². The molecule has 3 N–H and O–H groups in total. The lowest BCUT2D eigenvalue weighted by molar-refractivity contribution is 0.0685. The maximum atomic E-state index is 10.6. The number of rotatable bonds is 8. The highest BCUT2D eigenvalue weighted by atomic mass is 16.5. The Morgan fingerprint density at radius 2 is 2.28 bits per heavy atom. The first-order chi connectivity index (χ1) is 8.44. The van der Waals surface area contributed by atoms with Crippen LogP contribution >= 0.6 is 0 Å². The minimum Gasteiger partial charge on any atom is -0.476 e. The Labute approximate surface area is 106 Å². The minimum absolute atomic E-state index is 0.0775. The molecule has 0 radical (unpaired) electrons. The van der Waals surface area contributed by atoms with Crippen LogP contribution in [0.3, 0.4) is 0 Å². The molecular formula is C12H20N2O4. The zero-order valence-corrected chi connectivity index (χ0v) is 10.8. The third kappa shape index (κ3) is 4.85. The molecule has 0 spiro atoms. The number of carboxylic acids is 1. The first-order valence-corrected chi connectivity index (χ1v) is 5.95. The summed E-state index contributed by atoms with van der Waals surface area (Å²) < 4.78 is 4.89. The van der Waals surface area contributed by atoms with Gasteiger partial charge in [-0.3, -0.25) is 0 Å². The van der Waals surface area contributed by atoms with Gasteiger partial charge in [0.1, 0.15) is 0 Å². The van der Waals surface area contributed by atoms with E-state index in [9.17, 15) is 4.79 Å². The second kappa shape index (κ2) is 6.51. The topological polar surface area (TPSA) is 95.6 Å². The van der Waals surface area contributed by atoms with Gasteiger partial charge in [0, 0.05) is 19.2 Å². The quantitative estimate of drug-likeness (QED) is 0.648. The molecule has 1 heterocycles. The van der Waals surface area contributed by atoms with E-state index in [0.29, 0.717) is 12.3 Å². The van der Waals surface area contributed by atoms with Crippen molar-refractivity contribution < 1.29 is 19.5 Å². The normalized spacial score (nSPS) is 11.7. The molecule has 1 aromatic heterocycles. The molecule has 0 saturated heterocycles. The summed E-state index contributed by atoms with van der Waals surface area (Å²) in [6, 6.07) is 1.41. The van der Waals surface area contributed by atoms with Crippen molar-refractivity contribution in [3.8, 4) is 0 Å². The molecule has 0 unspecified atom stereocenters. The van der Waals surface area contributed by atoms with E-state index in [4.69, 9.17) is 14.7 Å². The number of hydrogen-bond donors (Lipinski definition) is 3. The molecule has 0 bridgehead atoms. The molecule has 0 saturated carbocycles. The van der Waals surface area contributed by atoms with Crippen LogP contribution in [0.4, 0.5) is 0 Å². The average molecular weight is 256 g/mol. The largest absolute Gasteiger partial charge is 0.476 e. The second-order valence-corrected chi connectivity index (χ2v) is 5.08. The first kappa shape index (κ1) is 14.7. The SMILES string of the molecule is CC(C)(CCCO)CNCc1cc(C(=O)O)no1. The Balaban J connectivity index is 2.34. The number of aliphatic hydroxyl groups is 1. The molecule has 0 aromatic carbocycles. The van der Waals surface area contributed by atoms with Crippen molar-refractivity contribution in [2.75, 3.05) is 13.2 Å². The van der Waals surface area contributed by atoms with E-state index < -0.39 is 5.97 Å². The Hall–Kier alpha value is -1.40. The number of carboxylic acid groups (broad SMARTS) is 1. The Morgan fingerprint density at radius 1 is 1.56 bits per heavy atom. The van der Waals surface area contributed by atoms with Crippen molar-refractivity contribution in [1.82, 2.24) is 10.5 Å². The standard InChI is InChI=1S/C12H20N2O4/c1-12(2,4-3-5-15)8-13-7-9-6-10(11(16)17)14-18-9/h6,13,15H,3-5,7-8H2,1-2H3,(H,16,17).